The molecule has 0 spiro atoms. The monoisotopic (exact) mass is 590 g/mol. The first-order valence-corrected chi connectivity index (χ1v) is 16.2. The van der Waals surface area contributed by atoms with Crippen molar-refractivity contribution < 1.29 is 0 Å². The number of hydrogen-bond acceptors (Lipinski definition) is 0. The second-order valence-electron chi connectivity index (χ2n) is 13.2. The van der Waals surface area contributed by atoms with E-state index in [1.165, 1.54) is 88.0 Å². The van der Waals surface area contributed by atoms with Crippen LogP contribution >= 0.6 is 0 Å². The third-order valence-electron chi connectivity index (χ3n) is 10.3. The zero-order valence-corrected chi connectivity index (χ0v) is 25.8. The summed E-state index contributed by atoms with van der Waals surface area (Å²) in [6.07, 6.45) is 7.20. The average Bonchev–Trinajstić information content (AvgIpc) is 3.32. The summed E-state index contributed by atoms with van der Waals surface area (Å²) in [5.41, 5.74) is 13.5. The minimum Gasteiger partial charge on any atom is -0.0795 e. The van der Waals surface area contributed by atoms with Crippen LogP contribution < -0.4 is 0 Å². The molecule has 2 aliphatic rings. The molecule has 0 aliphatic heterocycles. The van der Waals surface area contributed by atoms with Crippen LogP contribution in [0.2, 0.25) is 0 Å². The van der Waals surface area contributed by atoms with Gasteiger partial charge in [-0.1, -0.05) is 149 Å². The quantitative estimate of drug-likeness (QED) is 0.180. The van der Waals surface area contributed by atoms with Crippen LogP contribution in [0.3, 0.4) is 0 Å². The summed E-state index contributed by atoms with van der Waals surface area (Å²) in [5.74, 6) is 0. The van der Waals surface area contributed by atoms with Gasteiger partial charge in [0.2, 0.25) is 0 Å². The highest BCUT2D eigenvalue weighted by Gasteiger charge is 2.38. The predicted octanol–water partition coefficient (Wildman–Crippen LogP) is 13.2. The molecule has 0 N–H and O–H groups in total. The average molecular weight is 591 g/mol. The van der Waals surface area contributed by atoms with E-state index in [4.69, 9.17) is 0 Å². The molecule has 0 aromatic heterocycles. The van der Waals surface area contributed by atoms with Crippen LogP contribution in [-0.2, 0) is 5.41 Å². The van der Waals surface area contributed by atoms with E-state index < -0.39 is 0 Å². The summed E-state index contributed by atoms with van der Waals surface area (Å²) >= 11 is 0. The van der Waals surface area contributed by atoms with Crippen molar-refractivity contribution in [2.45, 2.75) is 39.5 Å². The van der Waals surface area contributed by atoms with Crippen molar-refractivity contribution in [1.29, 1.82) is 0 Å². The minimum absolute atomic E-state index is 0. The Bertz CT molecular complexity index is 2340. The van der Waals surface area contributed by atoms with Gasteiger partial charge in [-0.3, -0.25) is 0 Å². The van der Waals surface area contributed by atoms with Gasteiger partial charge in [-0.15, -0.1) is 0 Å². The van der Waals surface area contributed by atoms with Crippen molar-refractivity contribution in [2.24, 2.45) is 0 Å². The normalized spacial score (nSPS) is 14.8. The summed E-state index contributed by atoms with van der Waals surface area (Å²) in [5, 5.41) is 7.68. The van der Waals surface area contributed by atoms with Gasteiger partial charge in [0.15, 0.2) is 0 Å². The Kier molecular flexibility index (Phi) is 6.59. The van der Waals surface area contributed by atoms with Crippen molar-refractivity contribution in [2.75, 3.05) is 0 Å². The topological polar surface area (TPSA) is 0 Å². The zero-order chi connectivity index (χ0) is 30.1. The van der Waals surface area contributed by atoms with Gasteiger partial charge in [-0.05, 0) is 119 Å². The molecule has 0 amide bonds. The molecular formula is C46H38. The van der Waals surface area contributed by atoms with Crippen LogP contribution in [0.25, 0.3) is 71.3 Å². The fourth-order valence-electron chi connectivity index (χ4n) is 8.09. The van der Waals surface area contributed by atoms with E-state index in [0.717, 1.165) is 12.8 Å². The fourth-order valence-corrected chi connectivity index (χ4v) is 8.09. The lowest BCUT2D eigenvalue weighted by Crippen LogP contribution is -2.15. The maximum atomic E-state index is 2.47. The van der Waals surface area contributed by atoms with Crippen molar-refractivity contribution in [3.63, 3.8) is 0 Å². The van der Waals surface area contributed by atoms with Crippen LogP contribution in [-0.4, -0.2) is 0 Å². The minimum atomic E-state index is 0. The summed E-state index contributed by atoms with van der Waals surface area (Å²) in [4.78, 5) is 0. The molecule has 2 aliphatic carbocycles. The van der Waals surface area contributed by atoms with Crippen molar-refractivity contribution >= 4 is 37.9 Å². The number of benzene rings is 7. The first kappa shape index (κ1) is 28.3. The Labute approximate surface area is 272 Å². The summed E-state index contributed by atoms with van der Waals surface area (Å²) in [6.45, 7) is 4.78. The highest BCUT2D eigenvalue weighted by molar-refractivity contribution is 6.21. The van der Waals surface area contributed by atoms with E-state index >= 15 is 0 Å². The van der Waals surface area contributed by atoms with Gasteiger partial charge in [0.25, 0.3) is 0 Å². The smallest absolute Gasteiger partial charge is 0.0155 e. The lowest BCUT2D eigenvalue weighted by atomic mass is 9.80. The number of allylic oxidation sites excluding steroid dienone is 4. The molecule has 46 heavy (non-hydrogen) atoms. The van der Waals surface area contributed by atoms with E-state index in [1.54, 1.807) is 0 Å². The first-order chi connectivity index (χ1) is 22.1. The molecule has 7 aromatic carbocycles. The Hall–Kier alpha value is -5.20. The Morgan fingerprint density at radius 1 is 0.457 bits per heavy atom. The second-order valence-corrected chi connectivity index (χ2v) is 13.2. The maximum Gasteiger partial charge on any atom is 0.0155 e. The van der Waals surface area contributed by atoms with Crippen molar-refractivity contribution in [3.05, 3.63) is 162 Å². The zero-order valence-electron chi connectivity index (χ0n) is 25.8. The summed E-state index contributed by atoms with van der Waals surface area (Å²) < 4.78 is 0. The van der Waals surface area contributed by atoms with Gasteiger partial charge in [-0.25, -0.2) is 0 Å². The molecule has 0 saturated carbocycles. The highest BCUT2D eigenvalue weighted by Crippen LogP contribution is 2.52. The van der Waals surface area contributed by atoms with Gasteiger partial charge < -0.3 is 0 Å². The number of rotatable bonds is 3. The van der Waals surface area contributed by atoms with E-state index in [0.29, 0.717) is 0 Å². The van der Waals surface area contributed by atoms with E-state index in [-0.39, 0.29) is 12.8 Å². The van der Waals surface area contributed by atoms with Gasteiger partial charge in [0, 0.05) is 5.41 Å². The molecule has 0 bridgehead atoms. The van der Waals surface area contributed by atoms with E-state index in [9.17, 15) is 0 Å². The molecule has 0 heteroatoms. The van der Waals surface area contributed by atoms with Gasteiger partial charge in [0.1, 0.15) is 0 Å². The molecule has 0 fully saturated rings. The number of fused-ring (bicyclic) bond motifs is 6. The summed E-state index contributed by atoms with van der Waals surface area (Å²) in [7, 11) is 0. The van der Waals surface area contributed by atoms with Gasteiger partial charge in [-0.2, -0.15) is 0 Å². The van der Waals surface area contributed by atoms with Crippen LogP contribution in [0.1, 0.15) is 45.2 Å². The van der Waals surface area contributed by atoms with E-state index in [2.05, 4.69) is 159 Å². The lowest BCUT2D eigenvalue weighted by Gasteiger charge is -2.24. The van der Waals surface area contributed by atoms with Crippen molar-refractivity contribution in [3.8, 4) is 33.4 Å². The molecule has 0 saturated heterocycles. The van der Waals surface area contributed by atoms with Crippen LogP contribution in [0.4, 0.5) is 0 Å². The van der Waals surface area contributed by atoms with Crippen molar-refractivity contribution in [1.82, 2.24) is 0 Å². The molecule has 9 rings (SSSR count). The number of hydrogen-bond donors (Lipinski definition) is 0. The lowest BCUT2D eigenvalue weighted by molar-refractivity contribution is 0.655. The van der Waals surface area contributed by atoms with Crippen LogP contribution in [0, 0.1) is 0 Å². The SMILES string of the molecule is C.CC1(C)C2=CCCC=C2c2ccc(-c3cccc(-c4c5ccccc5c(-c5ccc6ccccc6c5)c5ccccc45)c3)cc21. The maximum absolute atomic E-state index is 2.47. The second kappa shape index (κ2) is 10.7. The van der Waals surface area contributed by atoms with Crippen LogP contribution in [0.5, 0.6) is 0 Å². The molecule has 0 unspecified atom stereocenters. The molecular weight excluding hydrogens is 553 g/mol. The molecule has 0 atom stereocenters. The molecule has 7 aromatic rings. The molecule has 222 valence electrons. The third-order valence-corrected chi connectivity index (χ3v) is 10.3. The Balaban J connectivity index is 0.00000312. The largest absolute Gasteiger partial charge is 0.0795 e. The fraction of sp³-hybridized carbons (Fsp3) is 0.130. The molecule has 0 radical (unpaired) electrons. The first-order valence-electron chi connectivity index (χ1n) is 16.2. The standard InChI is InChI=1S/C45H34.CH4/c1-45(2)41-21-10-9-16-35(41)36-25-24-32(28-42(36)45)31-14-11-15-33(27-31)43-37-17-5-7-19-39(37)44(40-20-8-6-18-38(40)43)34-23-22-29-12-3-4-13-30(29)26-34;/h3-8,11-28H,9-10H2,1-2H3;1H4. The van der Waals surface area contributed by atoms with Gasteiger partial charge in [0.05, 0.1) is 0 Å². The predicted molar refractivity (Wildman–Crippen MR) is 200 cm³/mol. The van der Waals surface area contributed by atoms with Gasteiger partial charge >= 0.3 is 0 Å². The van der Waals surface area contributed by atoms with Crippen LogP contribution in [0.15, 0.2) is 151 Å². The highest BCUT2D eigenvalue weighted by atomic mass is 14.4. The molecule has 0 heterocycles. The Morgan fingerprint density at radius 3 is 1.70 bits per heavy atom. The molecule has 0 nitrogen and oxygen atoms in total. The Morgan fingerprint density at radius 2 is 1.00 bits per heavy atom. The third kappa shape index (κ3) is 4.21. The van der Waals surface area contributed by atoms with E-state index in [1.807, 2.05) is 0 Å². The summed E-state index contributed by atoms with van der Waals surface area (Å²) in [6, 6.07) is 49.8.